The van der Waals surface area contributed by atoms with Crippen molar-refractivity contribution in [3.05, 3.63) is 0 Å². The molecule has 0 aliphatic carbocycles. The minimum absolute atomic E-state index is 0.676. The molecule has 0 spiro atoms. The van der Waals surface area contributed by atoms with Gasteiger partial charge in [0.25, 0.3) is 0 Å². The second kappa shape index (κ2) is 4.56. The molecule has 0 amide bonds. The predicted octanol–water partition coefficient (Wildman–Crippen LogP) is 3.12. The molecule has 0 radical (unpaired) electrons. The summed E-state index contributed by atoms with van der Waals surface area (Å²) in [5, 5.41) is 0. The lowest BCUT2D eigenvalue weighted by molar-refractivity contribution is -0.0704. The van der Waals surface area contributed by atoms with E-state index in [0.29, 0.717) is 11.8 Å². The van der Waals surface area contributed by atoms with Crippen LogP contribution in [0.15, 0.2) is 0 Å². The zero-order chi connectivity index (χ0) is 12.3. The molecule has 0 rings (SSSR count). The van der Waals surface area contributed by atoms with Crippen molar-refractivity contribution >= 4 is 28.9 Å². The molecule has 15 heavy (non-hydrogen) atoms. The van der Waals surface area contributed by atoms with Gasteiger partial charge in [-0.2, -0.15) is 26.3 Å². The van der Waals surface area contributed by atoms with Gasteiger partial charge in [-0.05, 0) is 0 Å². The van der Waals surface area contributed by atoms with Crippen LogP contribution in [0.3, 0.4) is 0 Å². The number of hydrogen-bond acceptors (Lipinski definition) is 0. The molecule has 0 unspecified atom stereocenters. The SMILES string of the molecule is FC(F)(F)C#C[Si](Cl)(Cl)C#CC(F)(F)F. The highest BCUT2D eigenvalue weighted by molar-refractivity contribution is 7.52. The molecule has 0 N–H and O–H groups in total. The smallest absolute Gasteiger partial charge is 0.159 e. The maximum atomic E-state index is 11.5. The average molecular weight is 285 g/mol. The van der Waals surface area contributed by atoms with Gasteiger partial charge in [-0.15, -0.1) is 22.2 Å². The lowest BCUT2D eigenvalue weighted by atomic mass is 10.7. The summed E-state index contributed by atoms with van der Waals surface area (Å²) in [7, 11) is 0. The van der Waals surface area contributed by atoms with E-state index in [4.69, 9.17) is 22.2 Å². The topological polar surface area (TPSA) is 0 Å². The van der Waals surface area contributed by atoms with Crippen molar-refractivity contribution in [2.24, 2.45) is 0 Å². The highest BCUT2D eigenvalue weighted by atomic mass is 35.7. The molecular weight excluding hydrogens is 285 g/mol. The van der Waals surface area contributed by atoms with E-state index in [1.165, 1.54) is 11.1 Å². The Balaban J connectivity index is 4.82. The molecule has 0 saturated heterocycles. The Morgan fingerprint density at radius 3 is 1.20 bits per heavy atom. The molecule has 0 aliphatic heterocycles. The van der Waals surface area contributed by atoms with Gasteiger partial charge in [0.2, 0.25) is 0 Å². The fourth-order valence-electron chi connectivity index (χ4n) is 0.330. The fourth-order valence-corrected chi connectivity index (χ4v) is 1.56. The molecule has 0 nitrogen and oxygen atoms in total. The van der Waals surface area contributed by atoms with E-state index in [1.807, 2.05) is 0 Å². The van der Waals surface area contributed by atoms with E-state index >= 15 is 0 Å². The third-order valence-corrected chi connectivity index (χ3v) is 2.73. The molecule has 0 heterocycles. The fraction of sp³-hybridized carbons (Fsp3) is 0.333. The lowest BCUT2D eigenvalue weighted by Gasteiger charge is -1.99. The molecule has 0 bridgehead atoms. The van der Waals surface area contributed by atoms with Crippen LogP contribution in [0.25, 0.3) is 0 Å². The van der Waals surface area contributed by atoms with Gasteiger partial charge >= 0.3 is 19.0 Å². The van der Waals surface area contributed by atoms with Gasteiger partial charge in [-0.3, -0.25) is 0 Å². The normalized spacial score (nSPS) is 12.3. The Labute approximate surface area is 91.0 Å². The molecule has 0 atom stereocenters. The summed E-state index contributed by atoms with van der Waals surface area (Å²) in [5.41, 5.74) is 2.59. The van der Waals surface area contributed by atoms with Crippen LogP contribution in [-0.2, 0) is 0 Å². The van der Waals surface area contributed by atoms with Crippen molar-refractivity contribution < 1.29 is 26.3 Å². The second-order valence-corrected chi connectivity index (χ2v) is 7.70. The summed E-state index contributed by atoms with van der Waals surface area (Å²) in [6, 6.07) is 0. The first-order chi connectivity index (χ1) is 6.41. The summed E-state index contributed by atoms with van der Waals surface area (Å²) < 4.78 is 69.1. The summed E-state index contributed by atoms with van der Waals surface area (Å²) >= 11 is 10.2. The van der Waals surface area contributed by atoms with Crippen LogP contribution in [0, 0.1) is 22.9 Å². The number of halogens is 8. The van der Waals surface area contributed by atoms with Crippen molar-refractivity contribution in [1.82, 2.24) is 0 Å². The predicted molar refractivity (Wildman–Crippen MR) is 45.1 cm³/mol. The van der Waals surface area contributed by atoms with Crippen LogP contribution >= 0.6 is 22.2 Å². The van der Waals surface area contributed by atoms with E-state index in [0.717, 1.165) is 0 Å². The van der Waals surface area contributed by atoms with Crippen LogP contribution in [0.2, 0.25) is 0 Å². The Morgan fingerprint density at radius 1 is 0.733 bits per heavy atom. The van der Waals surface area contributed by atoms with Crippen molar-refractivity contribution in [3.63, 3.8) is 0 Å². The molecule has 0 aromatic rings. The van der Waals surface area contributed by atoms with Gasteiger partial charge in [0.1, 0.15) is 0 Å². The number of hydrogen-bond donors (Lipinski definition) is 0. The van der Waals surface area contributed by atoms with E-state index in [2.05, 4.69) is 0 Å². The van der Waals surface area contributed by atoms with Crippen LogP contribution in [-0.4, -0.2) is 19.0 Å². The first-order valence-corrected chi connectivity index (χ1v) is 7.04. The van der Waals surface area contributed by atoms with Crippen LogP contribution < -0.4 is 0 Å². The molecule has 84 valence electrons. The maximum Gasteiger partial charge on any atom is 0.457 e. The monoisotopic (exact) mass is 284 g/mol. The first kappa shape index (κ1) is 14.5. The Bertz CT molecular complexity index is 312. The van der Waals surface area contributed by atoms with Crippen LogP contribution in [0.5, 0.6) is 0 Å². The molecule has 0 saturated carbocycles. The maximum absolute atomic E-state index is 11.5. The molecular formula is C6Cl2F6Si. The highest BCUT2D eigenvalue weighted by Gasteiger charge is 2.31. The Hall–Kier alpha value is -0.503. The van der Waals surface area contributed by atoms with Gasteiger partial charge < -0.3 is 0 Å². The third kappa shape index (κ3) is 9.79. The number of rotatable bonds is 0. The third-order valence-electron chi connectivity index (χ3n) is 0.722. The number of alkyl halides is 6. The van der Waals surface area contributed by atoms with Gasteiger partial charge in [0, 0.05) is 11.8 Å². The van der Waals surface area contributed by atoms with Crippen LogP contribution in [0.1, 0.15) is 0 Å². The molecule has 9 heteroatoms. The van der Waals surface area contributed by atoms with Crippen molar-refractivity contribution in [2.75, 3.05) is 0 Å². The van der Waals surface area contributed by atoms with Gasteiger partial charge in [-0.1, -0.05) is 11.1 Å². The van der Waals surface area contributed by atoms with E-state index in [-0.39, 0.29) is 0 Å². The molecule has 0 aromatic heterocycles. The van der Waals surface area contributed by atoms with Gasteiger partial charge in [-0.25, -0.2) is 0 Å². The Kier molecular flexibility index (Phi) is 4.41. The molecule has 0 aliphatic rings. The zero-order valence-corrected chi connectivity index (χ0v) is 9.04. The van der Waals surface area contributed by atoms with E-state index in [9.17, 15) is 26.3 Å². The van der Waals surface area contributed by atoms with Gasteiger partial charge in [0.05, 0.1) is 0 Å². The first-order valence-electron chi connectivity index (χ1n) is 3.01. The molecule has 0 fully saturated rings. The van der Waals surface area contributed by atoms with E-state index in [1.54, 1.807) is 0 Å². The quantitative estimate of drug-likeness (QED) is 0.278. The lowest BCUT2D eigenvalue weighted by Crippen LogP contribution is -2.17. The van der Waals surface area contributed by atoms with Crippen molar-refractivity contribution in [2.45, 2.75) is 12.4 Å². The minimum atomic E-state index is -4.86. The largest absolute Gasteiger partial charge is 0.457 e. The summed E-state index contributed by atoms with van der Waals surface area (Å²) in [6.07, 6.45) is -9.72. The Morgan fingerprint density at radius 2 is 1.00 bits per heavy atom. The van der Waals surface area contributed by atoms with Crippen molar-refractivity contribution in [1.29, 1.82) is 0 Å². The second-order valence-electron chi connectivity index (χ2n) is 2.07. The van der Waals surface area contributed by atoms with Crippen LogP contribution in [0.4, 0.5) is 26.3 Å². The summed E-state index contributed by atoms with van der Waals surface area (Å²) in [5.74, 6) is 1.35. The van der Waals surface area contributed by atoms with Gasteiger partial charge in [0.15, 0.2) is 0 Å². The van der Waals surface area contributed by atoms with Crippen molar-refractivity contribution in [3.8, 4) is 22.9 Å². The van der Waals surface area contributed by atoms with E-state index < -0.39 is 19.0 Å². The standard InChI is InChI=1S/C6Cl2F6Si/c7-15(8,3-1-5(9,10)11)4-2-6(12,13)14. The average Bonchev–Trinajstić information content (AvgIpc) is 1.96. The minimum Gasteiger partial charge on any atom is -0.159 e. The zero-order valence-electron chi connectivity index (χ0n) is 6.52. The summed E-state index contributed by atoms with van der Waals surface area (Å²) in [4.78, 5) is 0. The highest BCUT2D eigenvalue weighted by Crippen LogP contribution is 2.18. The summed E-state index contributed by atoms with van der Waals surface area (Å²) in [6.45, 7) is -4.14. The molecule has 0 aromatic carbocycles.